The molecule has 0 saturated heterocycles. The minimum atomic E-state index is -0.239. The Kier molecular flexibility index (Phi) is 2.95. The van der Waals surface area contributed by atoms with E-state index in [0.717, 1.165) is 5.56 Å². The normalized spacial score (nSPS) is 11.5. The van der Waals surface area contributed by atoms with E-state index in [0.29, 0.717) is 5.69 Å². The average molecular weight is 243 g/mol. The predicted molar refractivity (Wildman–Crippen MR) is 73.4 cm³/mol. The molecule has 0 radical (unpaired) electrons. The van der Waals surface area contributed by atoms with Gasteiger partial charge in [-0.2, -0.15) is 0 Å². The van der Waals surface area contributed by atoms with Gasteiger partial charge in [0, 0.05) is 11.6 Å². The van der Waals surface area contributed by atoms with Crippen molar-refractivity contribution in [2.45, 2.75) is 26.2 Å². The van der Waals surface area contributed by atoms with Gasteiger partial charge in [-0.1, -0.05) is 45.0 Å². The van der Waals surface area contributed by atoms with E-state index in [1.807, 2.05) is 24.3 Å². The number of nitrogen functional groups attached to an aromatic ring is 1. The number of hydrogen-bond acceptors (Lipinski definition) is 3. The van der Waals surface area contributed by atoms with Crippen LogP contribution in [0.4, 0.5) is 5.95 Å². The predicted octanol–water partition coefficient (Wildman–Crippen LogP) is 2.32. The molecule has 1 aromatic heterocycles. The number of nitrogens with zero attached hydrogens (tertiary/aromatic N) is 1. The molecule has 0 bridgehead atoms. The first kappa shape index (κ1) is 12.4. The van der Waals surface area contributed by atoms with Gasteiger partial charge >= 0.3 is 0 Å². The Morgan fingerprint density at radius 1 is 1.17 bits per heavy atom. The molecule has 4 heteroatoms. The van der Waals surface area contributed by atoms with Crippen molar-refractivity contribution in [3.8, 4) is 11.3 Å². The number of hydrogen-bond donors (Lipinski definition) is 2. The second-order valence-corrected chi connectivity index (χ2v) is 5.34. The summed E-state index contributed by atoms with van der Waals surface area (Å²) in [7, 11) is 0. The number of aromatic amines is 1. The molecule has 0 unspecified atom stereocenters. The highest BCUT2D eigenvalue weighted by Gasteiger charge is 2.13. The van der Waals surface area contributed by atoms with E-state index in [4.69, 9.17) is 5.73 Å². The molecule has 1 aromatic carbocycles. The van der Waals surface area contributed by atoms with Crippen molar-refractivity contribution in [2.75, 3.05) is 5.73 Å². The topological polar surface area (TPSA) is 71.8 Å². The zero-order chi connectivity index (χ0) is 13.3. The van der Waals surface area contributed by atoms with E-state index in [2.05, 4.69) is 30.7 Å². The van der Waals surface area contributed by atoms with E-state index >= 15 is 0 Å². The Labute approximate surface area is 106 Å². The van der Waals surface area contributed by atoms with Gasteiger partial charge in [0.25, 0.3) is 5.56 Å². The molecule has 0 atom stereocenters. The van der Waals surface area contributed by atoms with E-state index < -0.39 is 0 Å². The van der Waals surface area contributed by atoms with Gasteiger partial charge in [-0.05, 0) is 11.0 Å². The summed E-state index contributed by atoms with van der Waals surface area (Å²) in [4.78, 5) is 17.9. The molecule has 0 aliphatic rings. The van der Waals surface area contributed by atoms with Gasteiger partial charge in [0.2, 0.25) is 5.95 Å². The van der Waals surface area contributed by atoms with E-state index in [-0.39, 0.29) is 16.9 Å². The number of rotatable bonds is 1. The summed E-state index contributed by atoms with van der Waals surface area (Å²) in [5, 5.41) is 0. The summed E-state index contributed by atoms with van der Waals surface area (Å²) < 4.78 is 0. The molecular weight excluding hydrogens is 226 g/mol. The Morgan fingerprint density at radius 2 is 1.78 bits per heavy atom. The molecule has 0 aliphatic heterocycles. The van der Waals surface area contributed by atoms with Gasteiger partial charge in [-0.15, -0.1) is 0 Å². The summed E-state index contributed by atoms with van der Waals surface area (Å²) >= 11 is 0. The van der Waals surface area contributed by atoms with Gasteiger partial charge in [0.1, 0.15) is 0 Å². The summed E-state index contributed by atoms with van der Waals surface area (Å²) in [6.07, 6.45) is 0. The van der Waals surface area contributed by atoms with Crippen molar-refractivity contribution in [2.24, 2.45) is 0 Å². The van der Waals surface area contributed by atoms with Crippen LogP contribution in [0.3, 0.4) is 0 Å². The second kappa shape index (κ2) is 4.29. The van der Waals surface area contributed by atoms with Crippen LogP contribution in [0.2, 0.25) is 0 Å². The summed E-state index contributed by atoms with van der Waals surface area (Å²) in [5.41, 5.74) is 8.12. The van der Waals surface area contributed by atoms with Gasteiger partial charge in [0.15, 0.2) is 0 Å². The minimum absolute atomic E-state index is 0.110. The first-order valence-electron chi connectivity index (χ1n) is 5.84. The van der Waals surface area contributed by atoms with Crippen LogP contribution in [0.5, 0.6) is 0 Å². The van der Waals surface area contributed by atoms with Crippen molar-refractivity contribution < 1.29 is 0 Å². The highest BCUT2D eigenvalue weighted by Crippen LogP contribution is 2.24. The van der Waals surface area contributed by atoms with E-state index in [9.17, 15) is 4.79 Å². The molecule has 94 valence electrons. The SMILES string of the molecule is CC(C)(C)c1ccc(-c2cc(=O)[nH]c(N)n2)cc1. The Morgan fingerprint density at radius 3 is 2.28 bits per heavy atom. The largest absolute Gasteiger partial charge is 0.369 e. The molecule has 18 heavy (non-hydrogen) atoms. The molecule has 1 heterocycles. The lowest BCUT2D eigenvalue weighted by Crippen LogP contribution is -2.11. The van der Waals surface area contributed by atoms with Crippen molar-refractivity contribution >= 4 is 5.95 Å². The van der Waals surface area contributed by atoms with Crippen molar-refractivity contribution in [1.29, 1.82) is 0 Å². The van der Waals surface area contributed by atoms with E-state index in [1.165, 1.54) is 11.6 Å². The summed E-state index contributed by atoms with van der Waals surface area (Å²) in [5.74, 6) is 0.136. The third-order valence-corrected chi connectivity index (χ3v) is 2.81. The first-order chi connectivity index (χ1) is 8.36. The lowest BCUT2D eigenvalue weighted by Gasteiger charge is -2.19. The number of benzene rings is 1. The average Bonchev–Trinajstić information content (AvgIpc) is 2.27. The van der Waals surface area contributed by atoms with Crippen LogP contribution in [0, 0.1) is 0 Å². The van der Waals surface area contributed by atoms with Crippen LogP contribution < -0.4 is 11.3 Å². The number of H-pyrrole nitrogens is 1. The molecule has 0 saturated carbocycles. The third kappa shape index (κ3) is 2.59. The fraction of sp³-hybridized carbons (Fsp3) is 0.286. The maximum Gasteiger partial charge on any atom is 0.252 e. The molecule has 0 spiro atoms. The number of nitrogens with one attached hydrogen (secondary N) is 1. The van der Waals surface area contributed by atoms with Crippen LogP contribution >= 0.6 is 0 Å². The summed E-state index contributed by atoms with van der Waals surface area (Å²) in [6.45, 7) is 6.47. The van der Waals surface area contributed by atoms with Crippen LogP contribution in [-0.2, 0) is 5.41 Å². The van der Waals surface area contributed by atoms with Crippen molar-refractivity contribution in [1.82, 2.24) is 9.97 Å². The quantitative estimate of drug-likeness (QED) is 0.807. The minimum Gasteiger partial charge on any atom is -0.369 e. The molecule has 4 nitrogen and oxygen atoms in total. The first-order valence-corrected chi connectivity index (χ1v) is 5.84. The number of aromatic nitrogens is 2. The van der Waals surface area contributed by atoms with E-state index in [1.54, 1.807) is 0 Å². The molecule has 0 fully saturated rings. The van der Waals surface area contributed by atoms with Gasteiger partial charge in [0.05, 0.1) is 5.69 Å². The lowest BCUT2D eigenvalue weighted by molar-refractivity contribution is 0.590. The maximum absolute atomic E-state index is 11.3. The summed E-state index contributed by atoms with van der Waals surface area (Å²) in [6, 6.07) is 9.47. The van der Waals surface area contributed by atoms with Gasteiger partial charge in [-0.3, -0.25) is 9.78 Å². The number of anilines is 1. The van der Waals surface area contributed by atoms with Crippen LogP contribution in [0.1, 0.15) is 26.3 Å². The van der Waals surface area contributed by atoms with Gasteiger partial charge < -0.3 is 5.73 Å². The number of nitrogens with two attached hydrogens (primary N) is 1. The fourth-order valence-corrected chi connectivity index (χ4v) is 1.77. The van der Waals surface area contributed by atoms with Crippen LogP contribution in [-0.4, -0.2) is 9.97 Å². The molecular formula is C14H17N3O. The highest BCUT2D eigenvalue weighted by molar-refractivity contribution is 5.60. The smallest absolute Gasteiger partial charge is 0.252 e. The molecule has 2 rings (SSSR count). The molecule has 2 aromatic rings. The monoisotopic (exact) mass is 243 g/mol. The Bertz CT molecular complexity index is 606. The Balaban J connectivity index is 2.43. The third-order valence-electron chi connectivity index (χ3n) is 2.81. The standard InChI is InChI=1S/C14H17N3O/c1-14(2,3)10-6-4-9(5-7-10)11-8-12(18)17-13(15)16-11/h4-8H,1-3H3,(H3,15,16,17,18). The van der Waals surface area contributed by atoms with Crippen LogP contribution in [0.25, 0.3) is 11.3 Å². The fourth-order valence-electron chi connectivity index (χ4n) is 1.77. The van der Waals surface area contributed by atoms with Crippen LogP contribution in [0.15, 0.2) is 35.1 Å². The van der Waals surface area contributed by atoms with Crippen molar-refractivity contribution in [3.63, 3.8) is 0 Å². The molecule has 0 aliphatic carbocycles. The Hall–Kier alpha value is -2.10. The van der Waals surface area contributed by atoms with Gasteiger partial charge in [-0.25, -0.2) is 4.98 Å². The highest BCUT2D eigenvalue weighted by atomic mass is 16.1. The zero-order valence-electron chi connectivity index (χ0n) is 10.8. The second-order valence-electron chi connectivity index (χ2n) is 5.34. The van der Waals surface area contributed by atoms with Crippen molar-refractivity contribution in [3.05, 3.63) is 46.2 Å². The lowest BCUT2D eigenvalue weighted by atomic mass is 9.86. The zero-order valence-corrected chi connectivity index (χ0v) is 10.8. The maximum atomic E-state index is 11.3. The molecule has 3 N–H and O–H groups in total. The molecule has 0 amide bonds.